The molecule has 0 atom stereocenters. The van der Waals surface area contributed by atoms with Crippen LogP contribution in [-0.4, -0.2) is 18.1 Å². The molecule has 0 aliphatic carbocycles. The molecule has 0 saturated carbocycles. The van der Waals surface area contributed by atoms with Crippen LogP contribution in [-0.2, 0) is 4.74 Å². The third-order valence-electron chi connectivity index (χ3n) is 2.65. The van der Waals surface area contributed by atoms with Gasteiger partial charge in [-0.3, -0.25) is 0 Å². The molecule has 94 valence electrons. The Morgan fingerprint density at radius 1 is 1.39 bits per heavy atom. The fraction of sp³-hybridized carbons (Fsp3) is 0.231. The Morgan fingerprint density at radius 3 is 2.72 bits per heavy atom. The zero-order valence-corrected chi connectivity index (χ0v) is 11.3. The van der Waals surface area contributed by atoms with Gasteiger partial charge in [-0.25, -0.2) is 9.78 Å². The molecule has 0 fully saturated rings. The number of nitrogen functional groups attached to an aromatic ring is 1. The summed E-state index contributed by atoms with van der Waals surface area (Å²) in [5.41, 5.74) is 9.43. The zero-order valence-electron chi connectivity index (χ0n) is 10.5. The standard InChI is InChI=1S/C13H14N2O2S/c1-7-4-5-9(8(2)6-7)10-11(12(16)17-3)18-13(14)15-10/h4-6H,1-3H3,(H2,14,15). The average Bonchev–Trinajstić information content (AvgIpc) is 2.70. The maximum atomic E-state index is 11.7. The predicted molar refractivity (Wildman–Crippen MR) is 72.8 cm³/mol. The van der Waals surface area contributed by atoms with Crippen molar-refractivity contribution in [1.29, 1.82) is 0 Å². The summed E-state index contributed by atoms with van der Waals surface area (Å²) in [7, 11) is 1.35. The van der Waals surface area contributed by atoms with Crippen LogP contribution in [0.1, 0.15) is 20.8 Å². The Bertz CT molecular complexity index is 605. The molecular formula is C13H14N2O2S. The van der Waals surface area contributed by atoms with Gasteiger partial charge in [0.25, 0.3) is 0 Å². The summed E-state index contributed by atoms with van der Waals surface area (Å²) in [6, 6.07) is 5.98. The third kappa shape index (κ3) is 2.22. The number of aromatic nitrogens is 1. The molecule has 0 amide bonds. The monoisotopic (exact) mass is 262 g/mol. The van der Waals surface area contributed by atoms with Crippen LogP contribution in [0.3, 0.4) is 0 Å². The molecule has 1 heterocycles. The molecule has 5 heteroatoms. The Morgan fingerprint density at radius 2 is 2.11 bits per heavy atom. The van der Waals surface area contributed by atoms with Crippen LogP contribution in [0.25, 0.3) is 11.3 Å². The molecule has 0 aliphatic rings. The predicted octanol–water partition coefficient (Wildman–Crippen LogP) is 2.80. The van der Waals surface area contributed by atoms with Crippen molar-refractivity contribution >= 4 is 22.4 Å². The van der Waals surface area contributed by atoms with Gasteiger partial charge < -0.3 is 10.5 Å². The first-order chi connectivity index (χ1) is 8.52. The quantitative estimate of drug-likeness (QED) is 0.845. The number of benzene rings is 1. The maximum absolute atomic E-state index is 11.7. The molecule has 0 bridgehead atoms. The van der Waals surface area contributed by atoms with Crippen LogP contribution < -0.4 is 5.73 Å². The van der Waals surface area contributed by atoms with E-state index >= 15 is 0 Å². The highest BCUT2D eigenvalue weighted by molar-refractivity contribution is 7.17. The van der Waals surface area contributed by atoms with Crippen molar-refractivity contribution in [2.24, 2.45) is 0 Å². The van der Waals surface area contributed by atoms with E-state index in [0.717, 1.165) is 22.5 Å². The molecular weight excluding hydrogens is 248 g/mol. The molecule has 2 rings (SSSR count). The number of ether oxygens (including phenoxy) is 1. The van der Waals surface area contributed by atoms with Crippen molar-refractivity contribution in [3.05, 3.63) is 34.2 Å². The van der Waals surface area contributed by atoms with Gasteiger partial charge in [-0.05, 0) is 19.4 Å². The third-order valence-corrected chi connectivity index (χ3v) is 3.52. The molecule has 2 N–H and O–H groups in total. The van der Waals surface area contributed by atoms with E-state index in [2.05, 4.69) is 4.98 Å². The largest absolute Gasteiger partial charge is 0.465 e. The normalized spacial score (nSPS) is 10.4. The topological polar surface area (TPSA) is 65.2 Å². The number of thiazole rings is 1. The first-order valence-corrected chi connectivity index (χ1v) is 6.27. The number of nitrogens with two attached hydrogens (primary N) is 1. The second-order valence-electron chi connectivity index (χ2n) is 4.04. The lowest BCUT2D eigenvalue weighted by molar-refractivity contribution is 0.0607. The van der Waals surface area contributed by atoms with Gasteiger partial charge in [0, 0.05) is 5.56 Å². The van der Waals surface area contributed by atoms with Crippen LogP contribution in [0.2, 0.25) is 0 Å². The minimum absolute atomic E-state index is 0.366. The number of hydrogen-bond donors (Lipinski definition) is 1. The van der Waals surface area contributed by atoms with Gasteiger partial charge in [0.05, 0.1) is 12.8 Å². The van der Waals surface area contributed by atoms with Crippen molar-refractivity contribution in [2.45, 2.75) is 13.8 Å². The van der Waals surface area contributed by atoms with Gasteiger partial charge >= 0.3 is 5.97 Å². The van der Waals surface area contributed by atoms with Gasteiger partial charge in [0.2, 0.25) is 0 Å². The van der Waals surface area contributed by atoms with E-state index in [9.17, 15) is 4.79 Å². The molecule has 18 heavy (non-hydrogen) atoms. The van der Waals surface area contributed by atoms with Crippen LogP contribution >= 0.6 is 11.3 Å². The lowest BCUT2D eigenvalue weighted by Crippen LogP contribution is -2.01. The highest BCUT2D eigenvalue weighted by Gasteiger charge is 2.20. The Kier molecular flexibility index (Phi) is 3.34. The Hall–Kier alpha value is -1.88. The van der Waals surface area contributed by atoms with Crippen molar-refractivity contribution in [1.82, 2.24) is 4.98 Å². The zero-order chi connectivity index (χ0) is 13.3. The highest BCUT2D eigenvalue weighted by Crippen LogP contribution is 2.32. The number of esters is 1. The smallest absolute Gasteiger partial charge is 0.350 e. The van der Waals surface area contributed by atoms with E-state index < -0.39 is 5.97 Å². The van der Waals surface area contributed by atoms with Gasteiger partial charge in [-0.15, -0.1) is 0 Å². The number of carbonyl (C=O) groups excluding carboxylic acids is 1. The molecule has 2 aromatic rings. The number of methoxy groups -OCH3 is 1. The number of hydrogen-bond acceptors (Lipinski definition) is 5. The highest BCUT2D eigenvalue weighted by atomic mass is 32.1. The van der Waals surface area contributed by atoms with Gasteiger partial charge in [-0.1, -0.05) is 35.1 Å². The maximum Gasteiger partial charge on any atom is 0.350 e. The first kappa shape index (κ1) is 12.6. The van der Waals surface area contributed by atoms with Crippen molar-refractivity contribution in [3.8, 4) is 11.3 Å². The fourth-order valence-corrected chi connectivity index (χ4v) is 2.59. The minimum Gasteiger partial charge on any atom is -0.465 e. The van der Waals surface area contributed by atoms with E-state index in [0.29, 0.717) is 15.7 Å². The van der Waals surface area contributed by atoms with Gasteiger partial charge in [-0.2, -0.15) is 0 Å². The number of rotatable bonds is 2. The van der Waals surface area contributed by atoms with Crippen LogP contribution in [0.15, 0.2) is 18.2 Å². The summed E-state index contributed by atoms with van der Waals surface area (Å²) < 4.78 is 4.75. The Labute approximate surface area is 109 Å². The summed E-state index contributed by atoms with van der Waals surface area (Å²) in [6.07, 6.45) is 0. The second-order valence-corrected chi connectivity index (χ2v) is 5.07. The van der Waals surface area contributed by atoms with Crippen molar-refractivity contribution in [3.63, 3.8) is 0 Å². The average molecular weight is 262 g/mol. The molecule has 0 saturated heterocycles. The minimum atomic E-state index is -0.404. The van der Waals surface area contributed by atoms with Crippen molar-refractivity contribution in [2.75, 3.05) is 12.8 Å². The van der Waals surface area contributed by atoms with Crippen LogP contribution in [0, 0.1) is 13.8 Å². The van der Waals surface area contributed by atoms with E-state index in [1.807, 2.05) is 32.0 Å². The number of nitrogens with zero attached hydrogens (tertiary/aromatic N) is 1. The molecule has 4 nitrogen and oxygen atoms in total. The summed E-state index contributed by atoms with van der Waals surface area (Å²) in [4.78, 5) is 16.4. The molecule has 0 spiro atoms. The van der Waals surface area contributed by atoms with E-state index in [1.165, 1.54) is 12.7 Å². The summed E-state index contributed by atoms with van der Waals surface area (Å²) in [5, 5.41) is 0.366. The van der Waals surface area contributed by atoms with Crippen molar-refractivity contribution < 1.29 is 9.53 Å². The lowest BCUT2D eigenvalue weighted by atomic mass is 10.0. The molecule has 1 aromatic heterocycles. The van der Waals surface area contributed by atoms with Crippen LogP contribution in [0.5, 0.6) is 0 Å². The molecule has 1 aromatic carbocycles. The van der Waals surface area contributed by atoms with E-state index in [-0.39, 0.29) is 0 Å². The summed E-state index contributed by atoms with van der Waals surface area (Å²) >= 11 is 1.15. The van der Waals surface area contributed by atoms with Gasteiger partial charge in [0.15, 0.2) is 5.13 Å². The second kappa shape index (κ2) is 4.78. The number of carbonyl (C=O) groups is 1. The summed E-state index contributed by atoms with van der Waals surface area (Å²) in [6.45, 7) is 4.01. The molecule has 0 aliphatic heterocycles. The Balaban J connectivity index is 2.60. The summed E-state index contributed by atoms with van der Waals surface area (Å²) in [5.74, 6) is -0.404. The SMILES string of the molecule is COC(=O)c1sc(N)nc1-c1ccc(C)cc1C. The number of aryl methyl sites for hydroxylation is 2. The van der Waals surface area contributed by atoms with E-state index in [1.54, 1.807) is 0 Å². The molecule has 0 radical (unpaired) electrons. The van der Waals surface area contributed by atoms with Crippen LogP contribution in [0.4, 0.5) is 5.13 Å². The fourth-order valence-electron chi connectivity index (χ4n) is 1.83. The van der Waals surface area contributed by atoms with E-state index in [4.69, 9.17) is 10.5 Å². The molecule has 0 unspecified atom stereocenters. The van der Waals surface area contributed by atoms with Gasteiger partial charge in [0.1, 0.15) is 4.88 Å². The number of anilines is 1. The lowest BCUT2D eigenvalue weighted by Gasteiger charge is -2.05. The first-order valence-electron chi connectivity index (χ1n) is 5.45.